The minimum absolute atomic E-state index is 0.156. The Hall–Kier alpha value is -2.24. The predicted molar refractivity (Wildman–Crippen MR) is 60.6 cm³/mol. The van der Waals surface area contributed by atoms with Gasteiger partial charge in [0.05, 0.1) is 0 Å². The highest BCUT2D eigenvalue weighted by Crippen LogP contribution is 2.28. The third-order valence-corrected chi connectivity index (χ3v) is 2.92. The van der Waals surface area contributed by atoms with E-state index in [0.29, 0.717) is 0 Å². The molecule has 1 aromatic rings. The number of carbonyl (C=O) groups is 3. The number of likely N-dealkylation sites (tertiary alicyclic amines) is 1. The number of aromatic nitrogens is 1. The zero-order chi connectivity index (χ0) is 13.1. The van der Waals surface area contributed by atoms with Crippen LogP contribution in [-0.4, -0.2) is 39.3 Å². The Labute approximate surface area is 103 Å². The summed E-state index contributed by atoms with van der Waals surface area (Å²) < 4.78 is 0. The van der Waals surface area contributed by atoms with Crippen LogP contribution in [0.15, 0.2) is 24.5 Å². The molecular formula is C12H12N2O4. The second-order valence-electron chi connectivity index (χ2n) is 4.15. The molecule has 0 saturated carbocycles. The van der Waals surface area contributed by atoms with Crippen LogP contribution in [0.1, 0.15) is 24.3 Å². The summed E-state index contributed by atoms with van der Waals surface area (Å²) in [5.74, 6) is -2.23. The van der Waals surface area contributed by atoms with Gasteiger partial charge in [0.25, 0.3) is 0 Å². The Kier molecular flexibility index (Phi) is 3.36. The van der Waals surface area contributed by atoms with E-state index in [1.807, 2.05) is 0 Å². The highest BCUT2D eigenvalue weighted by molar-refractivity contribution is 6.00. The minimum Gasteiger partial charge on any atom is -0.480 e. The van der Waals surface area contributed by atoms with Gasteiger partial charge in [0.15, 0.2) is 0 Å². The van der Waals surface area contributed by atoms with Crippen molar-refractivity contribution in [2.75, 3.05) is 6.54 Å². The Bertz CT molecular complexity index is 468. The smallest absolute Gasteiger partial charge is 0.323 e. The van der Waals surface area contributed by atoms with Gasteiger partial charge in [-0.25, -0.2) is 0 Å². The minimum atomic E-state index is -1.18. The van der Waals surface area contributed by atoms with E-state index in [1.54, 1.807) is 24.5 Å². The average Bonchev–Trinajstić information content (AvgIpc) is 2.34. The summed E-state index contributed by atoms with van der Waals surface area (Å²) >= 11 is 0. The number of piperidine rings is 1. The third-order valence-electron chi connectivity index (χ3n) is 2.92. The molecule has 1 aromatic heterocycles. The largest absolute Gasteiger partial charge is 0.480 e. The zero-order valence-electron chi connectivity index (χ0n) is 9.57. The Morgan fingerprint density at radius 3 is 2.33 bits per heavy atom. The fourth-order valence-electron chi connectivity index (χ4n) is 2.04. The van der Waals surface area contributed by atoms with E-state index in [4.69, 9.17) is 5.11 Å². The molecular weight excluding hydrogens is 236 g/mol. The second kappa shape index (κ2) is 4.95. The quantitative estimate of drug-likeness (QED) is 0.782. The van der Waals surface area contributed by atoms with Gasteiger partial charge in [-0.2, -0.15) is 0 Å². The van der Waals surface area contributed by atoms with E-state index in [-0.39, 0.29) is 18.8 Å². The SMILES string of the molecule is O=C(O)CN1C(=O)CC(c2ccncc2)CC1=O. The molecule has 0 bridgehead atoms. The molecule has 0 aromatic carbocycles. The highest BCUT2D eigenvalue weighted by atomic mass is 16.4. The lowest BCUT2D eigenvalue weighted by molar-refractivity contribution is -0.155. The third kappa shape index (κ3) is 2.53. The second-order valence-corrected chi connectivity index (χ2v) is 4.15. The maximum atomic E-state index is 11.8. The van der Waals surface area contributed by atoms with Crippen LogP contribution >= 0.6 is 0 Å². The van der Waals surface area contributed by atoms with Gasteiger partial charge in [-0.15, -0.1) is 0 Å². The van der Waals surface area contributed by atoms with Crippen LogP contribution < -0.4 is 0 Å². The predicted octanol–water partition coefficient (Wildman–Crippen LogP) is 0.399. The molecule has 0 unspecified atom stereocenters. The number of hydrogen-bond donors (Lipinski definition) is 1. The molecule has 0 spiro atoms. The van der Waals surface area contributed by atoms with Gasteiger partial charge in [-0.05, 0) is 17.7 Å². The van der Waals surface area contributed by atoms with Crippen LogP contribution in [0.5, 0.6) is 0 Å². The zero-order valence-corrected chi connectivity index (χ0v) is 9.57. The Morgan fingerprint density at radius 2 is 1.83 bits per heavy atom. The molecule has 0 radical (unpaired) electrons. The molecule has 18 heavy (non-hydrogen) atoms. The van der Waals surface area contributed by atoms with Gasteiger partial charge >= 0.3 is 5.97 Å². The van der Waals surface area contributed by atoms with Crippen LogP contribution in [0.25, 0.3) is 0 Å². The first-order chi connectivity index (χ1) is 8.58. The summed E-state index contributed by atoms with van der Waals surface area (Å²) in [5, 5.41) is 8.63. The van der Waals surface area contributed by atoms with Crippen LogP contribution in [0.4, 0.5) is 0 Å². The summed E-state index contributed by atoms with van der Waals surface area (Å²) in [7, 11) is 0. The van der Waals surface area contributed by atoms with Crippen molar-refractivity contribution in [3.05, 3.63) is 30.1 Å². The number of carboxylic acid groups (broad SMARTS) is 1. The molecule has 1 saturated heterocycles. The van der Waals surface area contributed by atoms with Gasteiger partial charge in [-0.3, -0.25) is 24.3 Å². The summed E-state index contributed by atoms with van der Waals surface area (Å²) in [5.41, 5.74) is 0.877. The summed E-state index contributed by atoms with van der Waals surface area (Å²) in [6.07, 6.45) is 3.52. The lowest BCUT2D eigenvalue weighted by Crippen LogP contribution is -2.45. The molecule has 1 aliphatic heterocycles. The first-order valence-corrected chi connectivity index (χ1v) is 5.53. The number of imide groups is 1. The number of nitrogens with zero attached hydrogens (tertiary/aromatic N) is 2. The van der Waals surface area contributed by atoms with E-state index < -0.39 is 24.3 Å². The van der Waals surface area contributed by atoms with E-state index >= 15 is 0 Å². The summed E-state index contributed by atoms with van der Waals surface area (Å²) in [6, 6.07) is 3.52. The molecule has 1 aliphatic rings. The Balaban J connectivity index is 2.12. The number of hydrogen-bond acceptors (Lipinski definition) is 4. The molecule has 2 heterocycles. The number of aliphatic carboxylic acids is 1. The first-order valence-electron chi connectivity index (χ1n) is 5.53. The van der Waals surface area contributed by atoms with Crippen molar-refractivity contribution in [1.82, 2.24) is 9.88 Å². The number of amides is 2. The molecule has 6 nitrogen and oxygen atoms in total. The average molecular weight is 248 g/mol. The van der Waals surface area contributed by atoms with Gasteiger partial charge in [0, 0.05) is 31.2 Å². The van der Waals surface area contributed by atoms with Crippen molar-refractivity contribution < 1.29 is 19.5 Å². The normalized spacial score (nSPS) is 17.0. The van der Waals surface area contributed by atoms with Crippen LogP contribution in [0.2, 0.25) is 0 Å². The maximum absolute atomic E-state index is 11.8. The van der Waals surface area contributed by atoms with E-state index in [2.05, 4.69) is 4.98 Å². The summed E-state index contributed by atoms with van der Waals surface area (Å²) in [6.45, 7) is -0.555. The van der Waals surface area contributed by atoms with Crippen molar-refractivity contribution >= 4 is 17.8 Å². The molecule has 2 rings (SSSR count). The fourth-order valence-corrected chi connectivity index (χ4v) is 2.04. The van der Waals surface area contributed by atoms with E-state index in [1.165, 1.54) is 0 Å². The fraction of sp³-hybridized carbons (Fsp3) is 0.333. The molecule has 1 fully saturated rings. The monoisotopic (exact) mass is 248 g/mol. The van der Waals surface area contributed by atoms with Gasteiger partial charge in [0.1, 0.15) is 6.54 Å². The summed E-state index contributed by atoms with van der Waals surface area (Å²) in [4.78, 5) is 38.7. The number of carbonyl (C=O) groups excluding carboxylic acids is 2. The number of carboxylic acids is 1. The maximum Gasteiger partial charge on any atom is 0.323 e. The van der Waals surface area contributed by atoms with Gasteiger partial charge in [0.2, 0.25) is 11.8 Å². The molecule has 0 aliphatic carbocycles. The Morgan fingerprint density at radius 1 is 1.28 bits per heavy atom. The van der Waals surface area contributed by atoms with Crippen molar-refractivity contribution in [3.8, 4) is 0 Å². The first kappa shape index (κ1) is 12.2. The number of pyridine rings is 1. The van der Waals surface area contributed by atoms with E-state index in [9.17, 15) is 14.4 Å². The van der Waals surface area contributed by atoms with E-state index in [0.717, 1.165) is 10.5 Å². The van der Waals surface area contributed by atoms with Gasteiger partial charge in [-0.1, -0.05) is 0 Å². The lowest BCUT2D eigenvalue weighted by Gasteiger charge is -2.28. The van der Waals surface area contributed by atoms with Gasteiger partial charge < -0.3 is 5.11 Å². The molecule has 6 heteroatoms. The van der Waals surface area contributed by atoms with Crippen LogP contribution in [0.3, 0.4) is 0 Å². The van der Waals surface area contributed by atoms with Crippen molar-refractivity contribution in [3.63, 3.8) is 0 Å². The highest BCUT2D eigenvalue weighted by Gasteiger charge is 2.34. The molecule has 94 valence electrons. The van der Waals surface area contributed by atoms with Crippen molar-refractivity contribution in [2.24, 2.45) is 0 Å². The number of rotatable bonds is 3. The van der Waals surface area contributed by atoms with Crippen molar-refractivity contribution in [2.45, 2.75) is 18.8 Å². The van der Waals surface area contributed by atoms with Crippen LogP contribution in [-0.2, 0) is 14.4 Å². The standard InChI is InChI=1S/C12H12N2O4/c15-10-5-9(8-1-3-13-4-2-8)6-11(16)14(10)7-12(17)18/h1-4,9H,5-7H2,(H,17,18). The van der Waals surface area contributed by atoms with Crippen molar-refractivity contribution in [1.29, 1.82) is 0 Å². The molecule has 1 N–H and O–H groups in total. The lowest BCUT2D eigenvalue weighted by atomic mass is 9.89. The molecule has 2 amide bonds. The topological polar surface area (TPSA) is 87.6 Å². The van der Waals surface area contributed by atoms with Crippen LogP contribution in [0, 0.1) is 0 Å². The molecule has 0 atom stereocenters.